The summed E-state index contributed by atoms with van der Waals surface area (Å²) in [6.45, 7) is 1.69. The van der Waals surface area contributed by atoms with Gasteiger partial charge in [-0.2, -0.15) is 5.26 Å². The van der Waals surface area contributed by atoms with Crippen molar-refractivity contribution in [2.45, 2.75) is 13.3 Å². The molecule has 0 atom stereocenters. The first-order valence-corrected chi connectivity index (χ1v) is 8.09. The fourth-order valence-corrected chi connectivity index (χ4v) is 2.59. The smallest absolute Gasteiger partial charge is 0.309 e. The Labute approximate surface area is 143 Å². The number of thiophene rings is 1. The summed E-state index contributed by atoms with van der Waals surface area (Å²) in [6, 6.07) is 11.1. The Morgan fingerprint density at radius 1 is 1.29 bits per heavy atom. The van der Waals surface area contributed by atoms with E-state index in [1.807, 2.05) is 37.3 Å². The van der Waals surface area contributed by atoms with E-state index in [1.165, 1.54) is 11.3 Å². The predicted molar refractivity (Wildman–Crippen MR) is 89.9 cm³/mol. The Morgan fingerprint density at radius 2 is 2.08 bits per heavy atom. The summed E-state index contributed by atoms with van der Waals surface area (Å²) < 4.78 is 10.4. The van der Waals surface area contributed by atoms with Crippen LogP contribution in [0, 0.1) is 18.3 Å². The van der Waals surface area contributed by atoms with Gasteiger partial charge in [0.05, 0.1) is 18.6 Å². The summed E-state index contributed by atoms with van der Waals surface area (Å²) in [5.41, 5.74) is 1.36. The van der Waals surface area contributed by atoms with E-state index < -0.39 is 18.5 Å². The van der Waals surface area contributed by atoms with Gasteiger partial charge in [0.15, 0.2) is 6.61 Å². The third kappa shape index (κ3) is 5.11. The lowest BCUT2D eigenvalue weighted by molar-refractivity contribution is -0.147. The lowest BCUT2D eigenvalue weighted by Gasteiger charge is -2.09. The van der Waals surface area contributed by atoms with Gasteiger partial charge in [0.25, 0.3) is 5.91 Å². The second-order valence-corrected chi connectivity index (χ2v) is 5.76. The number of esters is 1. The SMILES string of the molecule is Cc1ccccc1OCCC(=O)OCC(=O)Nc1sccc1C#N. The standard InChI is InChI=1S/C17H16N2O4S/c1-12-4-2-3-5-14(12)22-8-6-16(21)23-11-15(20)19-17-13(10-18)7-9-24-17/h2-5,7,9H,6,8,11H2,1H3,(H,19,20). The summed E-state index contributed by atoms with van der Waals surface area (Å²) in [7, 11) is 0. The molecule has 0 aliphatic heterocycles. The molecule has 1 N–H and O–H groups in total. The van der Waals surface area contributed by atoms with Crippen LogP contribution in [0.4, 0.5) is 5.00 Å². The van der Waals surface area contributed by atoms with Crippen molar-refractivity contribution < 1.29 is 19.1 Å². The van der Waals surface area contributed by atoms with Crippen molar-refractivity contribution in [3.8, 4) is 11.8 Å². The summed E-state index contributed by atoms with van der Waals surface area (Å²) >= 11 is 1.23. The number of hydrogen-bond donors (Lipinski definition) is 1. The first-order chi connectivity index (χ1) is 11.6. The second-order valence-electron chi connectivity index (χ2n) is 4.85. The third-order valence-corrected chi connectivity index (χ3v) is 3.89. The number of nitrogens with one attached hydrogen (secondary N) is 1. The minimum absolute atomic E-state index is 0.0457. The van der Waals surface area contributed by atoms with Gasteiger partial charge in [-0.05, 0) is 30.0 Å². The van der Waals surface area contributed by atoms with Gasteiger partial charge in [-0.25, -0.2) is 0 Å². The lowest BCUT2D eigenvalue weighted by atomic mass is 10.2. The maximum atomic E-state index is 11.7. The summed E-state index contributed by atoms with van der Waals surface area (Å²) in [5.74, 6) is -0.294. The Kier molecular flexibility index (Phi) is 6.34. The minimum atomic E-state index is -0.523. The van der Waals surface area contributed by atoms with Gasteiger partial charge >= 0.3 is 5.97 Å². The van der Waals surface area contributed by atoms with Crippen molar-refractivity contribution >= 4 is 28.2 Å². The van der Waals surface area contributed by atoms with Crippen LogP contribution in [0.3, 0.4) is 0 Å². The molecule has 1 aromatic carbocycles. The van der Waals surface area contributed by atoms with E-state index in [4.69, 9.17) is 14.7 Å². The number of rotatable bonds is 7. The Bertz CT molecular complexity index is 764. The van der Waals surface area contributed by atoms with Crippen LogP contribution in [0.5, 0.6) is 5.75 Å². The summed E-state index contributed by atoms with van der Waals surface area (Å²) in [4.78, 5) is 23.3. The van der Waals surface area contributed by atoms with Crippen LogP contribution < -0.4 is 10.1 Å². The molecule has 6 nitrogen and oxygen atoms in total. The average Bonchev–Trinajstić information content (AvgIpc) is 3.02. The maximum Gasteiger partial charge on any atom is 0.309 e. The van der Waals surface area contributed by atoms with Gasteiger partial charge in [0.2, 0.25) is 0 Å². The summed E-state index contributed by atoms with van der Waals surface area (Å²) in [6.07, 6.45) is 0.0457. The van der Waals surface area contributed by atoms with Gasteiger partial charge < -0.3 is 14.8 Å². The van der Waals surface area contributed by atoms with Gasteiger partial charge in [-0.15, -0.1) is 11.3 Å². The molecule has 0 radical (unpaired) electrons. The van der Waals surface area contributed by atoms with Crippen molar-refractivity contribution in [2.75, 3.05) is 18.5 Å². The fraction of sp³-hybridized carbons (Fsp3) is 0.235. The molecule has 0 fully saturated rings. The molecule has 0 saturated carbocycles. The number of amides is 1. The number of para-hydroxylation sites is 1. The van der Waals surface area contributed by atoms with E-state index in [2.05, 4.69) is 5.32 Å². The van der Waals surface area contributed by atoms with Gasteiger partial charge in [-0.1, -0.05) is 18.2 Å². The molecule has 1 aromatic heterocycles. The zero-order chi connectivity index (χ0) is 17.4. The highest BCUT2D eigenvalue weighted by molar-refractivity contribution is 7.14. The number of benzene rings is 1. The van der Waals surface area contributed by atoms with E-state index in [-0.39, 0.29) is 13.0 Å². The van der Waals surface area contributed by atoms with E-state index >= 15 is 0 Å². The number of nitrogens with zero attached hydrogens (tertiary/aromatic N) is 1. The molecule has 7 heteroatoms. The number of ether oxygens (including phenoxy) is 2. The van der Waals surface area contributed by atoms with Gasteiger partial charge in [0.1, 0.15) is 16.8 Å². The van der Waals surface area contributed by atoms with Crippen molar-refractivity contribution in [1.82, 2.24) is 0 Å². The molecule has 0 aliphatic carbocycles. The molecule has 2 rings (SSSR count). The number of anilines is 1. The van der Waals surface area contributed by atoms with Crippen LogP contribution in [-0.2, 0) is 14.3 Å². The first-order valence-electron chi connectivity index (χ1n) is 7.21. The zero-order valence-corrected chi connectivity index (χ0v) is 13.9. The highest BCUT2D eigenvalue weighted by Gasteiger charge is 2.11. The number of hydrogen-bond acceptors (Lipinski definition) is 6. The molecule has 124 valence electrons. The normalized spacial score (nSPS) is 9.83. The number of nitriles is 1. The maximum absolute atomic E-state index is 11.7. The van der Waals surface area contributed by atoms with E-state index in [1.54, 1.807) is 11.4 Å². The molecule has 0 aliphatic rings. The predicted octanol–water partition coefficient (Wildman–Crippen LogP) is 2.88. The number of carbonyl (C=O) groups excluding carboxylic acids is 2. The molecular formula is C17H16N2O4S. The molecule has 0 spiro atoms. The van der Waals surface area contributed by atoms with Crippen LogP contribution in [0.15, 0.2) is 35.7 Å². The fourth-order valence-electron chi connectivity index (χ4n) is 1.84. The molecule has 0 unspecified atom stereocenters. The molecule has 0 saturated heterocycles. The Hall–Kier alpha value is -2.85. The quantitative estimate of drug-likeness (QED) is 0.780. The van der Waals surface area contributed by atoms with E-state index in [0.717, 1.165) is 5.56 Å². The molecule has 0 bridgehead atoms. The monoisotopic (exact) mass is 344 g/mol. The number of aryl methyl sites for hydroxylation is 1. The van der Waals surface area contributed by atoms with Crippen LogP contribution in [0.2, 0.25) is 0 Å². The highest BCUT2D eigenvalue weighted by Crippen LogP contribution is 2.21. The molecule has 2 aromatic rings. The topological polar surface area (TPSA) is 88.4 Å². The van der Waals surface area contributed by atoms with Crippen molar-refractivity contribution in [2.24, 2.45) is 0 Å². The summed E-state index contributed by atoms with van der Waals surface area (Å²) in [5, 5.41) is 13.5. The largest absolute Gasteiger partial charge is 0.493 e. The molecular weight excluding hydrogens is 328 g/mol. The Balaban J connectivity index is 1.69. The minimum Gasteiger partial charge on any atom is -0.493 e. The van der Waals surface area contributed by atoms with Crippen LogP contribution in [0.1, 0.15) is 17.5 Å². The lowest BCUT2D eigenvalue weighted by Crippen LogP contribution is -2.21. The zero-order valence-electron chi connectivity index (χ0n) is 13.1. The molecule has 1 amide bonds. The van der Waals surface area contributed by atoms with E-state index in [9.17, 15) is 9.59 Å². The van der Waals surface area contributed by atoms with Gasteiger partial charge in [0, 0.05) is 0 Å². The van der Waals surface area contributed by atoms with Crippen molar-refractivity contribution in [1.29, 1.82) is 5.26 Å². The van der Waals surface area contributed by atoms with Crippen molar-refractivity contribution in [3.05, 3.63) is 46.8 Å². The van der Waals surface area contributed by atoms with Crippen molar-refractivity contribution in [3.63, 3.8) is 0 Å². The van der Waals surface area contributed by atoms with Crippen LogP contribution in [-0.4, -0.2) is 25.1 Å². The highest BCUT2D eigenvalue weighted by atomic mass is 32.1. The Morgan fingerprint density at radius 3 is 2.83 bits per heavy atom. The first kappa shape index (κ1) is 17.5. The van der Waals surface area contributed by atoms with Crippen LogP contribution >= 0.6 is 11.3 Å². The second kappa shape index (κ2) is 8.70. The third-order valence-electron chi connectivity index (χ3n) is 3.06. The average molecular weight is 344 g/mol. The molecule has 24 heavy (non-hydrogen) atoms. The van der Waals surface area contributed by atoms with Gasteiger partial charge in [-0.3, -0.25) is 9.59 Å². The molecule has 1 heterocycles. The van der Waals surface area contributed by atoms with E-state index in [0.29, 0.717) is 16.3 Å². The van der Waals surface area contributed by atoms with Crippen LogP contribution in [0.25, 0.3) is 0 Å². The number of carbonyl (C=O) groups is 2.